The Hall–Kier alpha value is -0.110. The maximum atomic E-state index is 11.9. The molecule has 4 nitrogen and oxygen atoms in total. The molecule has 0 bridgehead atoms. The van der Waals surface area contributed by atoms with Crippen LogP contribution in [0.15, 0.2) is 27.8 Å². The average molecular weight is 367 g/mol. The van der Waals surface area contributed by atoms with Gasteiger partial charge in [-0.1, -0.05) is 12.8 Å². The number of unbranched alkanes of at least 4 members (excludes halogenated alkanes) is 3. The molecule has 0 unspecified atom stereocenters. The van der Waals surface area contributed by atoms with Gasteiger partial charge in [0.25, 0.3) is 0 Å². The van der Waals surface area contributed by atoms with Gasteiger partial charge in [0, 0.05) is 23.4 Å². The Labute approximate surface area is 128 Å². The van der Waals surface area contributed by atoms with E-state index < -0.39 is 10.0 Å². The monoisotopic (exact) mass is 366 g/mol. The number of hydrogen-bond donors (Lipinski definition) is 1. The van der Waals surface area contributed by atoms with Gasteiger partial charge in [0.2, 0.25) is 10.0 Å². The molecule has 0 amide bonds. The molecule has 1 heterocycles. The molecular formula is C12H19BrN2O2S2. The Morgan fingerprint density at radius 2 is 2.00 bits per heavy atom. The van der Waals surface area contributed by atoms with Crippen molar-refractivity contribution < 1.29 is 8.42 Å². The molecule has 0 aromatic carbocycles. The summed E-state index contributed by atoms with van der Waals surface area (Å²) in [7, 11) is -3.43. The lowest BCUT2D eigenvalue weighted by molar-refractivity contribution is 0.573. The van der Waals surface area contributed by atoms with Crippen LogP contribution in [0.1, 0.15) is 25.7 Å². The zero-order chi connectivity index (χ0) is 14.1. The van der Waals surface area contributed by atoms with E-state index in [1.807, 2.05) is 11.8 Å². The van der Waals surface area contributed by atoms with Crippen LogP contribution in [0.5, 0.6) is 0 Å². The maximum Gasteiger partial charge on any atom is 0.242 e. The fourth-order valence-corrected chi connectivity index (χ4v) is 3.62. The first-order valence-electron chi connectivity index (χ1n) is 6.15. The molecular weight excluding hydrogens is 348 g/mol. The lowest BCUT2D eigenvalue weighted by atomic mass is 10.2. The van der Waals surface area contributed by atoms with E-state index in [0.29, 0.717) is 11.0 Å². The number of halogens is 1. The van der Waals surface area contributed by atoms with Crippen molar-refractivity contribution in [2.75, 3.05) is 18.6 Å². The third-order valence-electron chi connectivity index (χ3n) is 2.56. The topological polar surface area (TPSA) is 59.1 Å². The lowest BCUT2D eigenvalue weighted by Crippen LogP contribution is -2.24. The zero-order valence-corrected chi connectivity index (χ0v) is 14.2. The number of nitrogens with zero attached hydrogens (tertiary/aromatic N) is 1. The predicted molar refractivity (Wildman–Crippen MR) is 84.0 cm³/mol. The minimum absolute atomic E-state index is 0.198. The quantitative estimate of drug-likeness (QED) is 0.682. The van der Waals surface area contributed by atoms with Gasteiger partial charge in [-0.25, -0.2) is 13.1 Å². The van der Waals surface area contributed by atoms with Crippen LogP contribution in [0.25, 0.3) is 0 Å². The van der Waals surface area contributed by atoms with Crippen LogP contribution in [-0.4, -0.2) is 32.0 Å². The van der Waals surface area contributed by atoms with Crippen LogP contribution in [0.4, 0.5) is 0 Å². The smallest absolute Gasteiger partial charge is 0.242 e. The van der Waals surface area contributed by atoms with E-state index in [1.165, 1.54) is 18.4 Å². The largest absolute Gasteiger partial charge is 0.262 e. The van der Waals surface area contributed by atoms with Gasteiger partial charge in [0.15, 0.2) is 0 Å². The Balaban J connectivity index is 2.32. The molecule has 0 aliphatic carbocycles. The van der Waals surface area contributed by atoms with Crippen molar-refractivity contribution in [3.05, 3.63) is 22.9 Å². The summed E-state index contributed by atoms with van der Waals surface area (Å²) >= 11 is 5.06. The van der Waals surface area contributed by atoms with Gasteiger partial charge < -0.3 is 0 Å². The Kier molecular flexibility index (Phi) is 7.97. The second-order valence-electron chi connectivity index (χ2n) is 4.14. The van der Waals surface area contributed by atoms with Crippen molar-refractivity contribution in [3.8, 4) is 0 Å². The Morgan fingerprint density at radius 1 is 1.26 bits per heavy atom. The summed E-state index contributed by atoms with van der Waals surface area (Å²) in [5, 5.41) is 0. The number of sulfonamides is 1. The molecule has 0 radical (unpaired) electrons. The molecule has 0 fully saturated rings. The second kappa shape index (κ2) is 8.94. The van der Waals surface area contributed by atoms with Crippen LogP contribution in [-0.2, 0) is 10.0 Å². The third-order valence-corrected chi connectivity index (χ3v) is 5.12. The first-order chi connectivity index (χ1) is 9.06. The van der Waals surface area contributed by atoms with Gasteiger partial charge in [-0.15, -0.1) is 0 Å². The molecule has 19 heavy (non-hydrogen) atoms. The van der Waals surface area contributed by atoms with Crippen LogP contribution in [0.2, 0.25) is 0 Å². The fraction of sp³-hybridized carbons (Fsp3) is 0.583. The summed E-state index contributed by atoms with van der Waals surface area (Å²) in [6.45, 7) is 0.480. The molecule has 1 aromatic heterocycles. The molecule has 0 aliphatic heterocycles. The summed E-state index contributed by atoms with van der Waals surface area (Å²) in [5.74, 6) is 1.18. The molecule has 108 valence electrons. The van der Waals surface area contributed by atoms with Gasteiger partial charge in [-0.05, 0) is 46.8 Å². The van der Waals surface area contributed by atoms with Gasteiger partial charge in [-0.3, -0.25) is 4.98 Å². The minimum atomic E-state index is -3.43. The van der Waals surface area contributed by atoms with E-state index in [2.05, 4.69) is 31.9 Å². The molecule has 0 aliphatic rings. The van der Waals surface area contributed by atoms with Crippen molar-refractivity contribution in [1.82, 2.24) is 9.71 Å². The number of nitrogens with one attached hydrogen (secondary N) is 1. The van der Waals surface area contributed by atoms with E-state index >= 15 is 0 Å². The molecule has 0 saturated carbocycles. The zero-order valence-electron chi connectivity index (χ0n) is 10.9. The van der Waals surface area contributed by atoms with Gasteiger partial charge in [0.1, 0.15) is 4.90 Å². The highest BCUT2D eigenvalue weighted by molar-refractivity contribution is 9.10. The standard InChI is InChI=1S/C12H19BrN2O2S2/c1-18-7-5-3-2-4-6-15-19(16,17)12-8-11(13)9-14-10-12/h8-10,15H,2-7H2,1H3. The van der Waals surface area contributed by atoms with Crippen molar-refractivity contribution in [2.45, 2.75) is 30.6 Å². The summed E-state index contributed by atoms with van der Waals surface area (Å²) in [4.78, 5) is 4.06. The van der Waals surface area contributed by atoms with Crippen molar-refractivity contribution in [1.29, 1.82) is 0 Å². The minimum Gasteiger partial charge on any atom is -0.262 e. The first kappa shape index (κ1) is 16.9. The summed E-state index contributed by atoms with van der Waals surface area (Å²) in [6.07, 6.45) is 9.29. The SMILES string of the molecule is CSCCCCCCNS(=O)(=O)c1cncc(Br)c1. The number of thioether (sulfide) groups is 1. The van der Waals surface area contributed by atoms with Crippen LogP contribution >= 0.6 is 27.7 Å². The van der Waals surface area contributed by atoms with Crippen LogP contribution < -0.4 is 4.72 Å². The van der Waals surface area contributed by atoms with E-state index in [-0.39, 0.29) is 4.90 Å². The summed E-state index contributed by atoms with van der Waals surface area (Å²) in [5.41, 5.74) is 0. The first-order valence-corrected chi connectivity index (χ1v) is 9.82. The average Bonchev–Trinajstić information content (AvgIpc) is 2.38. The second-order valence-corrected chi connectivity index (χ2v) is 7.81. The number of hydrogen-bond acceptors (Lipinski definition) is 4. The van der Waals surface area contributed by atoms with Crippen molar-refractivity contribution >= 4 is 37.7 Å². The highest BCUT2D eigenvalue weighted by atomic mass is 79.9. The number of aromatic nitrogens is 1. The molecule has 0 spiro atoms. The highest BCUT2D eigenvalue weighted by Crippen LogP contribution is 2.14. The van der Waals surface area contributed by atoms with Gasteiger partial charge in [-0.2, -0.15) is 11.8 Å². The number of rotatable bonds is 9. The normalized spacial score (nSPS) is 11.7. The predicted octanol–water partition coefficient (Wildman–Crippen LogP) is 3.05. The van der Waals surface area contributed by atoms with Crippen molar-refractivity contribution in [2.24, 2.45) is 0 Å². The molecule has 0 saturated heterocycles. The molecule has 7 heteroatoms. The fourth-order valence-electron chi connectivity index (χ4n) is 1.55. The van der Waals surface area contributed by atoms with Crippen LogP contribution in [0, 0.1) is 0 Å². The van der Waals surface area contributed by atoms with Crippen molar-refractivity contribution in [3.63, 3.8) is 0 Å². The van der Waals surface area contributed by atoms with Gasteiger partial charge >= 0.3 is 0 Å². The summed E-state index contributed by atoms with van der Waals surface area (Å²) < 4.78 is 27.1. The van der Waals surface area contributed by atoms with E-state index in [9.17, 15) is 8.42 Å². The van der Waals surface area contributed by atoms with Crippen LogP contribution in [0.3, 0.4) is 0 Å². The van der Waals surface area contributed by atoms with E-state index in [1.54, 1.807) is 12.3 Å². The summed E-state index contributed by atoms with van der Waals surface area (Å²) in [6, 6.07) is 1.55. The third kappa shape index (κ3) is 6.74. The Morgan fingerprint density at radius 3 is 2.68 bits per heavy atom. The number of pyridine rings is 1. The molecule has 1 aromatic rings. The van der Waals surface area contributed by atoms with Gasteiger partial charge in [0.05, 0.1) is 0 Å². The molecule has 1 N–H and O–H groups in total. The molecule has 1 rings (SSSR count). The Bertz CT molecular complexity index is 480. The van der Waals surface area contributed by atoms with E-state index in [4.69, 9.17) is 0 Å². The highest BCUT2D eigenvalue weighted by Gasteiger charge is 2.13. The maximum absolute atomic E-state index is 11.9. The lowest BCUT2D eigenvalue weighted by Gasteiger charge is -2.06. The molecule has 0 atom stereocenters. The van der Waals surface area contributed by atoms with E-state index in [0.717, 1.165) is 19.3 Å².